The minimum Gasteiger partial charge on any atom is -0.355 e. The maximum atomic E-state index is 11.4. The summed E-state index contributed by atoms with van der Waals surface area (Å²) in [6.07, 6.45) is 3.27. The smallest absolute Gasteiger partial charge is 0.312 e. The van der Waals surface area contributed by atoms with Gasteiger partial charge in [0.1, 0.15) is 0 Å². The lowest BCUT2D eigenvalue weighted by molar-refractivity contribution is -0.384. The van der Waals surface area contributed by atoms with Gasteiger partial charge in [0.05, 0.1) is 16.5 Å². The van der Waals surface area contributed by atoms with Gasteiger partial charge in [-0.2, -0.15) is 0 Å². The van der Waals surface area contributed by atoms with Crippen molar-refractivity contribution in [2.45, 2.75) is 18.9 Å². The van der Waals surface area contributed by atoms with Crippen molar-refractivity contribution in [3.8, 4) is 0 Å². The zero-order valence-corrected chi connectivity index (χ0v) is 10.1. The van der Waals surface area contributed by atoms with Crippen molar-refractivity contribution in [2.24, 2.45) is 0 Å². The molecule has 18 heavy (non-hydrogen) atoms. The van der Waals surface area contributed by atoms with Gasteiger partial charge >= 0.3 is 5.69 Å². The lowest BCUT2D eigenvalue weighted by Crippen LogP contribution is -2.31. The zero-order chi connectivity index (χ0) is 13.1. The number of nitrogens with one attached hydrogen (secondary N) is 2. The van der Waals surface area contributed by atoms with Crippen LogP contribution in [0.2, 0.25) is 5.02 Å². The molecule has 1 aliphatic rings. The van der Waals surface area contributed by atoms with Crippen LogP contribution in [0.4, 0.5) is 11.5 Å². The molecule has 0 aliphatic heterocycles. The monoisotopic (exact) mass is 270 g/mol. The molecule has 1 aromatic rings. The molecular formula is C10H11ClN4O3. The Bertz CT molecular complexity index is 490. The van der Waals surface area contributed by atoms with Crippen LogP contribution >= 0.6 is 11.6 Å². The fourth-order valence-electron chi connectivity index (χ4n) is 1.37. The SMILES string of the molecule is O=C(CNc1ncc(Cl)cc1[N+](=O)[O-])NC1CC1. The molecule has 0 atom stereocenters. The molecule has 1 aromatic heterocycles. The molecule has 0 unspecified atom stereocenters. The predicted octanol–water partition coefficient (Wildman–Crippen LogP) is 1.33. The van der Waals surface area contributed by atoms with Gasteiger partial charge in [0.2, 0.25) is 11.7 Å². The van der Waals surface area contributed by atoms with E-state index < -0.39 is 4.92 Å². The Hall–Kier alpha value is -1.89. The van der Waals surface area contributed by atoms with Crippen molar-refractivity contribution in [1.29, 1.82) is 0 Å². The fraction of sp³-hybridized carbons (Fsp3) is 0.400. The maximum absolute atomic E-state index is 11.4. The van der Waals surface area contributed by atoms with Gasteiger partial charge in [-0.3, -0.25) is 14.9 Å². The summed E-state index contributed by atoms with van der Waals surface area (Å²) in [7, 11) is 0. The Morgan fingerprint density at radius 1 is 1.61 bits per heavy atom. The minimum atomic E-state index is -0.597. The fourth-order valence-corrected chi connectivity index (χ4v) is 1.53. The molecule has 0 radical (unpaired) electrons. The number of hydrogen-bond acceptors (Lipinski definition) is 5. The van der Waals surface area contributed by atoms with E-state index in [0.717, 1.165) is 12.8 Å². The summed E-state index contributed by atoms with van der Waals surface area (Å²) in [5, 5.41) is 16.3. The Labute approximate surface area is 108 Å². The Morgan fingerprint density at radius 2 is 2.33 bits per heavy atom. The van der Waals surface area contributed by atoms with E-state index in [1.165, 1.54) is 12.3 Å². The number of nitrogens with zero attached hydrogens (tertiary/aromatic N) is 2. The van der Waals surface area contributed by atoms with Gasteiger partial charge in [0, 0.05) is 18.3 Å². The topological polar surface area (TPSA) is 97.2 Å². The molecule has 1 saturated carbocycles. The number of halogens is 1. The normalized spacial score (nSPS) is 14.1. The molecule has 1 fully saturated rings. The highest BCUT2D eigenvalue weighted by atomic mass is 35.5. The number of amides is 1. The van der Waals surface area contributed by atoms with E-state index in [1.54, 1.807) is 0 Å². The van der Waals surface area contributed by atoms with E-state index in [-0.39, 0.29) is 35.0 Å². The van der Waals surface area contributed by atoms with E-state index in [9.17, 15) is 14.9 Å². The van der Waals surface area contributed by atoms with Gasteiger partial charge in [-0.1, -0.05) is 11.6 Å². The third kappa shape index (κ3) is 3.30. The van der Waals surface area contributed by atoms with Crippen LogP contribution in [0.25, 0.3) is 0 Å². The number of nitro groups is 1. The van der Waals surface area contributed by atoms with Gasteiger partial charge < -0.3 is 10.6 Å². The second-order valence-corrected chi connectivity index (χ2v) is 4.41. The highest BCUT2D eigenvalue weighted by molar-refractivity contribution is 6.30. The molecular weight excluding hydrogens is 260 g/mol. The van der Waals surface area contributed by atoms with Crippen LogP contribution in [0.5, 0.6) is 0 Å². The summed E-state index contributed by atoms with van der Waals surface area (Å²) in [5.41, 5.74) is -0.248. The Morgan fingerprint density at radius 3 is 2.94 bits per heavy atom. The Balaban J connectivity index is 1.99. The first-order chi connectivity index (χ1) is 8.56. The summed E-state index contributed by atoms with van der Waals surface area (Å²) in [4.78, 5) is 25.4. The summed E-state index contributed by atoms with van der Waals surface area (Å²) < 4.78 is 0. The van der Waals surface area contributed by atoms with Crippen molar-refractivity contribution in [3.05, 3.63) is 27.4 Å². The van der Waals surface area contributed by atoms with Gasteiger partial charge in [-0.05, 0) is 12.8 Å². The van der Waals surface area contributed by atoms with Crippen molar-refractivity contribution >= 4 is 29.0 Å². The molecule has 1 aliphatic carbocycles. The van der Waals surface area contributed by atoms with Gasteiger partial charge in [-0.15, -0.1) is 0 Å². The molecule has 0 saturated heterocycles. The van der Waals surface area contributed by atoms with E-state index in [4.69, 9.17) is 11.6 Å². The highest BCUT2D eigenvalue weighted by Crippen LogP contribution is 2.24. The number of carbonyl (C=O) groups excluding carboxylic acids is 1. The summed E-state index contributed by atoms with van der Waals surface area (Å²) in [6, 6.07) is 1.45. The molecule has 2 N–H and O–H groups in total. The van der Waals surface area contributed by atoms with Crippen molar-refractivity contribution in [1.82, 2.24) is 10.3 Å². The number of anilines is 1. The Kier molecular flexibility index (Phi) is 3.61. The lowest BCUT2D eigenvalue weighted by Gasteiger charge is -2.06. The second kappa shape index (κ2) is 5.18. The van der Waals surface area contributed by atoms with Gasteiger partial charge in [0.25, 0.3) is 0 Å². The summed E-state index contributed by atoms with van der Waals surface area (Å²) in [5.74, 6) is -0.168. The molecule has 1 heterocycles. The second-order valence-electron chi connectivity index (χ2n) is 3.97. The molecule has 0 bridgehead atoms. The van der Waals surface area contributed by atoms with E-state index >= 15 is 0 Å². The number of aromatic nitrogens is 1. The molecule has 96 valence electrons. The third-order valence-electron chi connectivity index (χ3n) is 2.39. The zero-order valence-electron chi connectivity index (χ0n) is 9.35. The molecule has 0 aromatic carbocycles. The van der Waals surface area contributed by atoms with Crippen LogP contribution in [-0.2, 0) is 4.79 Å². The van der Waals surface area contributed by atoms with Crippen LogP contribution in [0, 0.1) is 10.1 Å². The van der Waals surface area contributed by atoms with Crippen LogP contribution in [-0.4, -0.2) is 28.4 Å². The van der Waals surface area contributed by atoms with E-state index in [2.05, 4.69) is 15.6 Å². The molecule has 8 heteroatoms. The summed E-state index contributed by atoms with van der Waals surface area (Å²) in [6.45, 7) is -0.0496. The highest BCUT2D eigenvalue weighted by Gasteiger charge is 2.23. The quantitative estimate of drug-likeness (QED) is 0.621. The molecule has 0 spiro atoms. The molecule has 2 rings (SSSR count). The number of hydrogen-bond donors (Lipinski definition) is 2. The van der Waals surface area contributed by atoms with Crippen molar-refractivity contribution in [3.63, 3.8) is 0 Å². The average molecular weight is 271 g/mol. The van der Waals surface area contributed by atoms with Gasteiger partial charge in [-0.25, -0.2) is 4.98 Å². The number of carbonyl (C=O) groups is 1. The molecule has 7 nitrogen and oxygen atoms in total. The number of pyridine rings is 1. The first-order valence-corrected chi connectivity index (χ1v) is 5.77. The van der Waals surface area contributed by atoms with Crippen LogP contribution < -0.4 is 10.6 Å². The first kappa shape index (κ1) is 12.6. The van der Waals surface area contributed by atoms with Crippen LogP contribution in [0.1, 0.15) is 12.8 Å². The van der Waals surface area contributed by atoms with Crippen molar-refractivity contribution < 1.29 is 9.72 Å². The minimum absolute atomic E-state index is 0.0374. The standard InChI is InChI=1S/C10H11ClN4O3/c11-6-3-8(15(17)18)10(12-4-6)13-5-9(16)14-7-1-2-7/h3-4,7H,1-2,5H2,(H,12,13)(H,14,16). The third-order valence-corrected chi connectivity index (χ3v) is 2.60. The predicted molar refractivity (Wildman–Crippen MR) is 65.6 cm³/mol. The largest absolute Gasteiger partial charge is 0.355 e. The van der Waals surface area contributed by atoms with Crippen LogP contribution in [0.15, 0.2) is 12.3 Å². The maximum Gasteiger partial charge on any atom is 0.312 e. The average Bonchev–Trinajstić information content (AvgIpc) is 3.11. The van der Waals surface area contributed by atoms with Crippen molar-refractivity contribution in [2.75, 3.05) is 11.9 Å². The van der Waals surface area contributed by atoms with Crippen LogP contribution in [0.3, 0.4) is 0 Å². The van der Waals surface area contributed by atoms with E-state index in [1.807, 2.05) is 0 Å². The lowest BCUT2D eigenvalue weighted by atomic mass is 10.4. The first-order valence-electron chi connectivity index (χ1n) is 5.39. The van der Waals surface area contributed by atoms with E-state index in [0.29, 0.717) is 0 Å². The number of rotatable bonds is 5. The van der Waals surface area contributed by atoms with Gasteiger partial charge in [0.15, 0.2) is 0 Å². The summed E-state index contributed by atoms with van der Waals surface area (Å²) >= 11 is 5.63. The molecule has 1 amide bonds.